The summed E-state index contributed by atoms with van der Waals surface area (Å²) in [6, 6.07) is 4.45. The van der Waals surface area contributed by atoms with E-state index < -0.39 is 11.9 Å². The van der Waals surface area contributed by atoms with E-state index in [-0.39, 0.29) is 24.4 Å². The number of hydrogen-bond donors (Lipinski definition) is 2. The van der Waals surface area contributed by atoms with Crippen LogP contribution in [0.4, 0.5) is 30.6 Å². The van der Waals surface area contributed by atoms with Gasteiger partial charge in [0.15, 0.2) is 11.5 Å². The Hall–Kier alpha value is -3.70. The highest BCUT2D eigenvalue weighted by atomic mass is 19.4. The zero-order valence-electron chi connectivity index (χ0n) is 19.5. The molecule has 2 N–H and O–H groups in total. The van der Waals surface area contributed by atoms with Crippen molar-refractivity contribution in [1.29, 1.82) is 0 Å². The lowest BCUT2D eigenvalue weighted by Crippen LogP contribution is -2.44. The van der Waals surface area contributed by atoms with Crippen LogP contribution in [0.1, 0.15) is 54.0 Å². The molecule has 1 fully saturated rings. The minimum atomic E-state index is -4.46. The number of nitrogens with zero attached hydrogens (tertiary/aromatic N) is 6. The maximum Gasteiger partial charge on any atom is 0.435 e. The van der Waals surface area contributed by atoms with Gasteiger partial charge >= 0.3 is 6.18 Å². The number of pyridine rings is 1. The predicted octanol–water partition coefficient (Wildman–Crippen LogP) is 3.71. The van der Waals surface area contributed by atoms with Crippen molar-refractivity contribution in [3.8, 4) is 0 Å². The van der Waals surface area contributed by atoms with Gasteiger partial charge in [-0.05, 0) is 44.4 Å². The fourth-order valence-corrected chi connectivity index (χ4v) is 4.02. The molecular weight excluding hydrogens is 461 g/mol. The van der Waals surface area contributed by atoms with Gasteiger partial charge in [-0.1, -0.05) is 6.07 Å². The van der Waals surface area contributed by atoms with Gasteiger partial charge < -0.3 is 15.5 Å². The van der Waals surface area contributed by atoms with E-state index in [1.54, 1.807) is 24.1 Å². The largest absolute Gasteiger partial charge is 0.435 e. The number of nitrogens with one attached hydrogen (secondary N) is 2. The van der Waals surface area contributed by atoms with E-state index in [1.165, 1.54) is 4.68 Å². The van der Waals surface area contributed by atoms with Crippen molar-refractivity contribution >= 4 is 23.4 Å². The van der Waals surface area contributed by atoms with E-state index in [1.807, 2.05) is 20.0 Å². The van der Waals surface area contributed by atoms with Crippen LogP contribution in [0.3, 0.4) is 0 Å². The first-order valence-corrected chi connectivity index (χ1v) is 11.3. The van der Waals surface area contributed by atoms with E-state index in [4.69, 9.17) is 0 Å². The van der Waals surface area contributed by atoms with Crippen LogP contribution in [0.15, 0.2) is 24.4 Å². The third-order valence-electron chi connectivity index (χ3n) is 6.36. The van der Waals surface area contributed by atoms with Crippen LogP contribution in [0.5, 0.6) is 0 Å². The molecule has 0 bridgehead atoms. The molecule has 5 rings (SSSR count). The molecule has 35 heavy (non-hydrogen) atoms. The van der Waals surface area contributed by atoms with Crippen LogP contribution >= 0.6 is 0 Å². The summed E-state index contributed by atoms with van der Waals surface area (Å²) in [7, 11) is 1.81. The number of anilines is 3. The van der Waals surface area contributed by atoms with Crippen molar-refractivity contribution in [3.05, 3.63) is 52.7 Å². The lowest BCUT2D eigenvalue weighted by molar-refractivity contribution is -0.141. The molecule has 1 atom stereocenters. The first kappa shape index (κ1) is 23.1. The summed E-state index contributed by atoms with van der Waals surface area (Å²) in [6.45, 7) is 4.20. The molecule has 1 aliphatic carbocycles. The Labute approximate surface area is 199 Å². The van der Waals surface area contributed by atoms with Crippen molar-refractivity contribution in [1.82, 2.24) is 24.7 Å². The summed E-state index contributed by atoms with van der Waals surface area (Å²) in [4.78, 5) is 27.3. The molecule has 0 aromatic carbocycles. The number of rotatable bonds is 6. The molecule has 1 unspecified atom stereocenters. The lowest BCUT2D eigenvalue weighted by atomic mass is 10.2. The second-order valence-corrected chi connectivity index (χ2v) is 9.00. The quantitative estimate of drug-likeness (QED) is 0.548. The van der Waals surface area contributed by atoms with Crippen molar-refractivity contribution in [2.75, 3.05) is 22.6 Å². The van der Waals surface area contributed by atoms with Crippen LogP contribution in [-0.2, 0) is 24.1 Å². The molecule has 1 saturated carbocycles. The first-order valence-electron chi connectivity index (χ1n) is 11.3. The molecule has 3 aromatic heterocycles. The molecule has 184 valence electrons. The molecular formula is C23H25F3N8O. The Balaban J connectivity index is 1.27. The van der Waals surface area contributed by atoms with E-state index in [0.717, 1.165) is 24.5 Å². The normalized spacial score (nSPS) is 17.8. The van der Waals surface area contributed by atoms with Crippen molar-refractivity contribution in [2.24, 2.45) is 0 Å². The maximum atomic E-state index is 13.1. The van der Waals surface area contributed by atoms with Gasteiger partial charge in [-0.3, -0.25) is 14.5 Å². The summed E-state index contributed by atoms with van der Waals surface area (Å²) in [5.41, 5.74) is 2.49. The molecule has 2 aliphatic rings. The molecule has 3 aromatic rings. The number of aryl methyl sites for hydroxylation is 1. The number of hydrogen-bond acceptors (Lipinski definition) is 7. The van der Waals surface area contributed by atoms with Gasteiger partial charge in [0.25, 0.3) is 0 Å². The molecule has 9 nitrogen and oxygen atoms in total. The Morgan fingerprint density at radius 1 is 1.23 bits per heavy atom. The van der Waals surface area contributed by atoms with Gasteiger partial charge in [0.05, 0.1) is 17.9 Å². The fourth-order valence-electron chi connectivity index (χ4n) is 4.02. The molecule has 4 heterocycles. The topological polar surface area (TPSA) is 101 Å². The minimum Gasteiger partial charge on any atom is -0.350 e. The SMILES string of the molecule is Cc1nc(NCc2ccc(Cn3nc(C(F)(F)F)cc3C3CC3)nc2)nc2c1NC(=O)C(C)N2C. The van der Waals surface area contributed by atoms with Crippen LogP contribution in [0.2, 0.25) is 0 Å². The number of carbonyl (C=O) groups excluding carboxylic acids is 1. The summed E-state index contributed by atoms with van der Waals surface area (Å²) < 4.78 is 40.8. The number of alkyl halides is 3. The van der Waals surface area contributed by atoms with E-state index in [9.17, 15) is 18.0 Å². The lowest BCUT2D eigenvalue weighted by Gasteiger charge is -2.32. The van der Waals surface area contributed by atoms with Crippen LogP contribution < -0.4 is 15.5 Å². The standard InChI is InChI=1S/C23H25F3N8O/c1-12-19-20(33(3)13(2)21(35)30-19)31-22(29-12)28-10-14-4-7-16(27-9-14)11-34-17(15-5-6-15)8-18(32-34)23(24,25)26/h4,7-9,13,15H,5-6,10-11H2,1-3H3,(H,30,35)(H,28,29,31). The second kappa shape index (κ2) is 8.51. The summed E-state index contributed by atoms with van der Waals surface area (Å²) in [5.74, 6) is 1.10. The third kappa shape index (κ3) is 4.64. The molecule has 1 aliphatic heterocycles. The highest BCUT2D eigenvalue weighted by Gasteiger charge is 2.38. The number of carbonyl (C=O) groups is 1. The molecule has 0 saturated heterocycles. The molecule has 0 spiro atoms. The number of halogens is 3. The molecule has 1 amide bonds. The number of aromatic nitrogens is 5. The Bertz CT molecular complexity index is 1270. The van der Waals surface area contributed by atoms with E-state index in [0.29, 0.717) is 41.1 Å². The third-order valence-corrected chi connectivity index (χ3v) is 6.36. The van der Waals surface area contributed by atoms with Gasteiger partial charge in [-0.15, -0.1) is 0 Å². The number of amides is 1. The molecule has 0 radical (unpaired) electrons. The van der Waals surface area contributed by atoms with Gasteiger partial charge in [0.2, 0.25) is 11.9 Å². The second-order valence-electron chi connectivity index (χ2n) is 9.00. The average Bonchev–Trinajstić information content (AvgIpc) is 3.56. The van der Waals surface area contributed by atoms with Gasteiger partial charge in [-0.2, -0.15) is 23.3 Å². The first-order chi connectivity index (χ1) is 16.6. The Kier molecular flexibility index (Phi) is 5.60. The maximum absolute atomic E-state index is 13.1. The van der Waals surface area contributed by atoms with Crippen molar-refractivity contribution in [2.45, 2.75) is 57.9 Å². The van der Waals surface area contributed by atoms with Crippen LogP contribution in [-0.4, -0.2) is 43.7 Å². The zero-order chi connectivity index (χ0) is 24.9. The van der Waals surface area contributed by atoms with Gasteiger partial charge in [0.1, 0.15) is 11.7 Å². The fraction of sp³-hybridized carbons (Fsp3) is 0.435. The Morgan fingerprint density at radius 3 is 2.66 bits per heavy atom. The van der Waals surface area contributed by atoms with Gasteiger partial charge in [-0.25, -0.2) is 4.98 Å². The van der Waals surface area contributed by atoms with Crippen molar-refractivity contribution < 1.29 is 18.0 Å². The van der Waals surface area contributed by atoms with E-state index in [2.05, 4.69) is 30.7 Å². The van der Waals surface area contributed by atoms with Gasteiger partial charge in [0, 0.05) is 31.4 Å². The monoisotopic (exact) mass is 486 g/mol. The summed E-state index contributed by atoms with van der Waals surface area (Å²) in [5, 5.41) is 9.81. The van der Waals surface area contributed by atoms with Crippen LogP contribution in [0.25, 0.3) is 0 Å². The highest BCUT2D eigenvalue weighted by Crippen LogP contribution is 2.42. The smallest absolute Gasteiger partial charge is 0.350 e. The average molecular weight is 487 g/mol. The zero-order valence-corrected chi connectivity index (χ0v) is 19.5. The Morgan fingerprint density at radius 2 is 2.00 bits per heavy atom. The van der Waals surface area contributed by atoms with E-state index >= 15 is 0 Å². The number of likely N-dealkylation sites (N-methyl/N-ethyl adjacent to an activating group) is 1. The van der Waals surface area contributed by atoms with Crippen molar-refractivity contribution in [3.63, 3.8) is 0 Å². The van der Waals surface area contributed by atoms with Crippen LogP contribution in [0, 0.1) is 6.92 Å². The highest BCUT2D eigenvalue weighted by molar-refractivity contribution is 6.03. The minimum absolute atomic E-state index is 0.104. The predicted molar refractivity (Wildman–Crippen MR) is 123 cm³/mol. The summed E-state index contributed by atoms with van der Waals surface area (Å²) >= 11 is 0. The molecule has 12 heteroatoms. The number of fused-ring (bicyclic) bond motifs is 1. The summed E-state index contributed by atoms with van der Waals surface area (Å²) in [6.07, 6.45) is -1.03.